The number of rotatable bonds is 4. The summed E-state index contributed by atoms with van der Waals surface area (Å²) in [6.07, 6.45) is 0. The van der Waals surface area contributed by atoms with Crippen LogP contribution in [-0.4, -0.2) is 12.4 Å². The lowest BCUT2D eigenvalue weighted by Crippen LogP contribution is -2.28. The predicted molar refractivity (Wildman–Crippen MR) is 91.2 cm³/mol. The van der Waals surface area contributed by atoms with Crippen LogP contribution >= 0.6 is 11.6 Å². The van der Waals surface area contributed by atoms with Gasteiger partial charge in [-0.25, -0.2) is 5.43 Å². The predicted octanol–water partition coefficient (Wildman–Crippen LogP) is 2.00. The molecular formula is C17H18ClN3O2. The van der Waals surface area contributed by atoms with E-state index in [1.165, 1.54) is 0 Å². The van der Waals surface area contributed by atoms with Gasteiger partial charge in [-0.1, -0.05) is 36.4 Å². The first-order chi connectivity index (χ1) is 11.0. The molecule has 0 amide bonds. The second-order valence-corrected chi connectivity index (χ2v) is 5.77. The van der Waals surface area contributed by atoms with Gasteiger partial charge in [0, 0.05) is 11.1 Å². The van der Waals surface area contributed by atoms with Crippen molar-refractivity contribution in [2.45, 2.75) is 19.9 Å². The lowest BCUT2D eigenvalue weighted by molar-refractivity contribution is 0.472. The van der Waals surface area contributed by atoms with Gasteiger partial charge in [0.2, 0.25) is 11.8 Å². The van der Waals surface area contributed by atoms with Crippen LogP contribution in [0.3, 0.4) is 0 Å². The van der Waals surface area contributed by atoms with Gasteiger partial charge in [0.25, 0.3) is 0 Å². The Morgan fingerprint density at radius 1 is 1.39 bits per heavy atom. The molecule has 2 heterocycles. The Bertz CT molecular complexity index is 857. The number of nitrogens with zero attached hydrogens (tertiary/aromatic N) is 1. The zero-order valence-corrected chi connectivity index (χ0v) is 13.8. The fourth-order valence-electron chi connectivity index (χ4n) is 2.40. The van der Waals surface area contributed by atoms with Gasteiger partial charge in [0.05, 0.1) is 11.8 Å². The number of hydrogen-bond donors (Lipinski definition) is 2. The summed E-state index contributed by atoms with van der Waals surface area (Å²) in [7, 11) is 0. The maximum Gasteiger partial charge on any atom is 0.228 e. The van der Waals surface area contributed by atoms with Crippen LogP contribution in [0.5, 0.6) is 0 Å². The molecule has 120 valence electrons. The molecular weight excluding hydrogens is 314 g/mol. The van der Waals surface area contributed by atoms with E-state index in [-0.39, 0.29) is 6.04 Å². The normalized spacial score (nSPS) is 17.4. The van der Waals surface area contributed by atoms with Crippen molar-refractivity contribution < 1.29 is 9.15 Å². The fourth-order valence-corrected chi connectivity index (χ4v) is 2.70. The Labute approximate surface area is 139 Å². The van der Waals surface area contributed by atoms with Crippen LogP contribution in [0.2, 0.25) is 5.02 Å². The number of ether oxygens (including phenoxy) is 1. The van der Waals surface area contributed by atoms with Crippen LogP contribution in [0.25, 0.3) is 12.5 Å². The first kappa shape index (κ1) is 15.6. The van der Waals surface area contributed by atoms with E-state index in [4.69, 9.17) is 20.8 Å². The van der Waals surface area contributed by atoms with Crippen molar-refractivity contribution in [2.24, 2.45) is 5.10 Å². The van der Waals surface area contributed by atoms with Gasteiger partial charge in [0.15, 0.2) is 0 Å². The minimum atomic E-state index is 0.0821. The smallest absolute Gasteiger partial charge is 0.228 e. The zero-order chi connectivity index (χ0) is 16.4. The van der Waals surface area contributed by atoms with Gasteiger partial charge in [-0.2, -0.15) is 0 Å². The van der Waals surface area contributed by atoms with Crippen LogP contribution in [0.1, 0.15) is 24.3 Å². The molecule has 6 heteroatoms. The van der Waals surface area contributed by atoms with Crippen molar-refractivity contribution in [3.8, 4) is 0 Å². The van der Waals surface area contributed by atoms with Crippen molar-refractivity contribution in [3.63, 3.8) is 0 Å². The zero-order valence-electron chi connectivity index (χ0n) is 13.0. The van der Waals surface area contributed by atoms with Gasteiger partial charge in [0.1, 0.15) is 11.2 Å². The van der Waals surface area contributed by atoms with Crippen molar-refractivity contribution in [2.75, 3.05) is 6.54 Å². The van der Waals surface area contributed by atoms with Crippen molar-refractivity contribution in [1.82, 2.24) is 10.7 Å². The second kappa shape index (κ2) is 6.48. The minimum absolute atomic E-state index is 0.0821. The molecule has 2 N–H and O–H groups in total. The maximum absolute atomic E-state index is 6.20. The quantitative estimate of drug-likeness (QED) is 0.899. The molecule has 0 bridgehead atoms. The number of nitrogens with one attached hydrogen (secondary N) is 2. The minimum Gasteiger partial charge on any atom is -0.462 e. The highest BCUT2D eigenvalue weighted by molar-refractivity contribution is 6.31. The van der Waals surface area contributed by atoms with Gasteiger partial charge < -0.3 is 14.5 Å². The molecule has 1 unspecified atom stereocenters. The summed E-state index contributed by atoms with van der Waals surface area (Å²) in [5.41, 5.74) is 4.46. The van der Waals surface area contributed by atoms with E-state index in [0.717, 1.165) is 21.6 Å². The molecule has 0 radical (unpaired) electrons. The number of aryl methyl sites for hydroxylation is 1. The summed E-state index contributed by atoms with van der Waals surface area (Å²) in [6.45, 7) is 8.23. The molecule has 0 saturated carbocycles. The number of hydrogen-bond acceptors (Lipinski definition) is 5. The van der Waals surface area contributed by atoms with Crippen LogP contribution in [0.15, 0.2) is 39.9 Å². The molecule has 0 saturated heterocycles. The first-order valence-electron chi connectivity index (χ1n) is 7.32. The van der Waals surface area contributed by atoms with Gasteiger partial charge in [-0.05, 0) is 31.5 Å². The molecule has 1 atom stereocenters. The van der Waals surface area contributed by atoms with Crippen LogP contribution in [0, 0.1) is 6.92 Å². The summed E-state index contributed by atoms with van der Waals surface area (Å²) in [5.74, 6) is 1.87. The number of furan rings is 1. The molecule has 0 spiro atoms. The van der Waals surface area contributed by atoms with Gasteiger partial charge >= 0.3 is 0 Å². The van der Waals surface area contributed by atoms with Crippen molar-refractivity contribution in [3.05, 3.63) is 57.3 Å². The molecule has 1 aromatic heterocycles. The molecule has 3 rings (SSSR count). The van der Waals surface area contributed by atoms with E-state index in [0.29, 0.717) is 23.7 Å². The molecule has 0 fully saturated rings. The Hall–Kier alpha value is -2.24. The summed E-state index contributed by atoms with van der Waals surface area (Å²) < 4.78 is 11.1. The van der Waals surface area contributed by atoms with E-state index < -0.39 is 0 Å². The Morgan fingerprint density at radius 2 is 2.17 bits per heavy atom. The second-order valence-electron chi connectivity index (χ2n) is 5.37. The monoisotopic (exact) mass is 331 g/mol. The molecule has 0 aliphatic carbocycles. The highest BCUT2D eigenvalue weighted by Gasteiger charge is 2.17. The largest absolute Gasteiger partial charge is 0.462 e. The van der Waals surface area contributed by atoms with Crippen molar-refractivity contribution >= 4 is 30.0 Å². The number of halogens is 1. The number of benzene rings is 1. The Morgan fingerprint density at radius 3 is 2.87 bits per heavy atom. The highest BCUT2D eigenvalue weighted by atomic mass is 35.5. The first-order valence-corrected chi connectivity index (χ1v) is 7.70. The molecule has 2 aromatic rings. The molecule has 23 heavy (non-hydrogen) atoms. The SMILES string of the molecule is C=c1oc(C)cc1=C1NN=C(CNC(C)c2ccccc2Cl)O1. The standard InChI is InChI=1S/C17H18ClN3O2/c1-10-8-14(12(3)22-10)17-21-20-16(23-17)9-19-11(2)13-6-4-5-7-15(13)18/h4-8,11,19,21H,3,9H2,1-2H3. The summed E-state index contributed by atoms with van der Waals surface area (Å²) in [6, 6.07) is 9.70. The van der Waals surface area contributed by atoms with E-state index >= 15 is 0 Å². The van der Waals surface area contributed by atoms with Crippen molar-refractivity contribution in [1.29, 1.82) is 0 Å². The van der Waals surface area contributed by atoms with E-state index in [9.17, 15) is 0 Å². The highest BCUT2D eigenvalue weighted by Crippen LogP contribution is 2.21. The van der Waals surface area contributed by atoms with Crippen LogP contribution < -0.4 is 21.4 Å². The maximum atomic E-state index is 6.20. The molecule has 1 aliphatic rings. The molecule has 5 nitrogen and oxygen atoms in total. The van der Waals surface area contributed by atoms with Crippen LogP contribution in [0.4, 0.5) is 0 Å². The van der Waals surface area contributed by atoms with Crippen LogP contribution in [-0.2, 0) is 4.74 Å². The molecule has 1 aromatic carbocycles. The third-order valence-electron chi connectivity index (χ3n) is 3.61. The van der Waals surface area contributed by atoms with E-state index in [1.807, 2.05) is 44.2 Å². The summed E-state index contributed by atoms with van der Waals surface area (Å²) >= 11 is 6.20. The average Bonchev–Trinajstić information content (AvgIpc) is 3.11. The lowest BCUT2D eigenvalue weighted by atomic mass is 10.1. The van der Waals surface area contributed by atoms with Gasteiger partial charge in [-0.15, -0.1) is 5.10 Å². The Balaban J connectivity index is 1.65. The summed E-state index contributed by atoms with van der Waals surface area (Å²) in [5, 5.41) is 9.03. The average molecular weight is 332 g/mol. The van der Waals surface area contributed by atoms with Gasteiger partial charge in [-0.3, -0.25) is 0 Å². The molecule has 1 aliphatic heterocycles. The lowest BCUT2D eigenvalue weighted by Gasteiger charge is -2.14. The summed E-state index contributed by atoms with van der Waals surface area (Å²) in [4.78, 5) is 0. The van der Waals surface area contributed by atoms with E-state index in [2.05, 4.69) is 22.4 Å². The third kappa shape index (κ3) is 3.41. The topological polar surface area (TPSA) is 58.8 Å². The third-order valence-corrected chi connectivity index (χ3v) is 3.95. The fraction of sp³-hybridized carbons (Fsp3) is 0.235. The number of hydrazone groups is 1. The Kier molecular flexibility index (Phi) is 4.41. The van der Waals surface area contributed by atoms with E-state index in [1.54, 1.807) is 0 Å².